The fourth-order valence-corrected chi connectivity index (χ4v) is 0.587. The second-order valence-corrected chi connectivity index (χ2v) is 2.25. The molecule has 1 aromatic heterocycles. The van der Waals surface area contributed by atoms with Crippen molar-refractivity contribution >= 4 is 22.4 Å². The summed E-state index contributed by atoms with van der Waals surface area (Å²) in [6.07, 6.45) is 1.62. The average molecular weight is 221 g/mol. The zero-order chi connectivity index (χ0) is 8.53. The van der Waals surface area contributed by atoms with Crippen LogP contribution in [0.2, 0.25) is 0 Å². The van der Waals surface area contributed by atoms with Crippen LogP contribution < -0.4 is 0 Å². The molecule has 62 valence electrons. The summed E-state index contributed by atoms with van der Waals surface area (Å²) in [5, 5.41) is 0. The summed E-state index contributed by atoms with van der Waals surface area (Å²) < 4.78 is 9.68. The van der Waals surface area contributed by atoms with Gasteiger partial charge in [0.1, 0.15) is 0 Å². The molecule has 0 aliphatic heterocycles. The molecular weight excluding hydrogens is 212 g/mol. The second kappa shape index (κ2) is 7.34. The van der Waals surface area contributed by atoms with Crippen molar-refractivity contribution < 1.29 is 13.9 Å². The highest BCUT2D eigenvalue weighted by molar-refractivity contribution is 9.10. The van der Waals surface area contributed by atoms with E-state index < -0.39 is 0 Å². The predicted octanol–water partition coefficient (Wildman–Crippen LogP) is 2.22. The molecule has 1 heterocycles. The molecule has 11 heavy (non-hydrogen) atoms. The van der Waals surface area contributed by atoms with Crippen LogP contribution in [-0.2, 0) is 9.53 Å². The number of hydrogen-bond acceptors (Lipinski definition) is 3. The van der Waals surface area contributed by atoms with Crippen LogP contribution in [0.3, 0.4) is 0 Å². The lowest BCUT2D eigenvalue weighted by Crippen LogP contribution is -1.80. The molecule has 1 rings (SSSR count). The van der Waals surface area contributed by atoms with E-state index in [1.807, 2.05) is 12.1 Å². The maximum Gasteiger partial charge on any atom is 0.293 e. The van der Waals surface area contributed by atoms with Gasteiger partial charge in [0.25, 0.3) is 6.47 Å². The number of hydrogen-bond donors (Lipinski definition) is 0. The standard InChI is InChI=1S/C4H3BrO.C3H6O2/c5-4-2-1-3-6-4;1-2-5-3-4/h1-3H;3H,2H2,1H3. The summed E-state index contributed by atoms with van der Waals surface area (Å²) in [5.74, 6) is 0. The predicted molar refractivity (Wildman–Crippen MR) is 44.1 cm³/mol. The van der Waals surface area contributed by atoms with Gasteiger partial charge in [0.05, 0.1) is 12.9 Å². The molecule has 0 aromatic carbocycles. The molecule has 0 atom stereocenters. The molecule has 0 aliphatic carbocycles. The van der Waals surface area contributed by atoms with Crippen molar-refractivity contribution in [1.29, 1.82) is 0 Å². The lowest BCUT2D eigenvalue weighted by Gasteiger charge is -1.79. The Labute approximate surface area is 73.5 Å². The molecule has 0 fully saturated rings. The minimum absolute atomic E-state index is 0.431. The molecule has 0 saturated carbocycles. The highest BCUT2D eigenvalue weighted by Gasteiger charge is 1.78. The van der Waals surface area contributed by atoms with Gasteiger partial charge >= 0.3 is 0 Å². The quantitative estimate of drug-likeness (QED) is 0.718. The van der Waals surface area contributed by atoms with Gasteiger partial charge in [-0.3, -0.25) is 4.79 Å². The summed E-state index contributed by atoms with van der Waals surface area (Å²) in [4.78, 5) is 9.18. The van der Waals surface area contributed by atoms with Gasteiger partial charge < -0.3 is 9.15 Å². The van der Waals surface area contributed by atoms with Gasteiger partial charge in [0, 0.05) is 0 Å². The van der Waals surface area contributed by atoms with Crippen LogP contribution in [0.15, 0.2) is 27.5 Å². The number of rotatable bonds is 2. The average Bonchev–Trinajstić information content (AvgIpc) is 2.43. The van der Waals surface area contributed by atoms with Crippen molar-refractivity contribution in [3.05, 3.63) is 23.1 Å². The van der Waals surface area contributed by atoms with E-state index in [0.717, 1.165) is 4.67 Å². The largest absolute Gasteiger partial charge is 0.468 e. The molecule has 3 nitrogen and oxygen atoms in total. The van der Waals surface area contributed by atoms with Gasteiger partial charge in [-0.25, -0.2) is 0 Å². The maximum atomic E-state index is 9.18. The first-order valence-electron chi connectivity index (χ1n) is 3.05. The number of ether oxygens (including phenoxy) is 1. The lowest BCUT2D eigenvalue weighted by molar-refractivity contribution is -0.128. The highest BCUT2D eigenvalue weighted by atomic mass is 79.9. The van der Waals surface area contributed by atoms with Crippen LogP contribution in [0.4, 0.5) is 0 Å². The number of furan rings is 1. The topological polar surface area (TPSA) is 39.4 Å². The minimum atomic E-state index is 0.431. The summed E-state index contributed by atoms with van der Waals surface area (Å²) in [7, 11) is 0. The van der Waals surface area contributed by atoms with Crippen LogP contribution in [0.25, 0.3) is 0 Å². The minimum Gasteiger partial charge on any atom is -0.468 e. The molecule has 0 saturated heterocycles. The Balaban J connectivity index is 0.000000187. The van der Waals surface area contributed by atoms with Crippen LogP contribution in [-0.4, -0.2) is 13.1 Å². The molecule has 0 spiro atoms. The van der Waals surface area contributed by atoms with E-state index in [1.165, 1.54) is 0 Å². The fraction of sp³-hybridized carbons (Fsp3) is 0.286. The van der Waals surface area contributed by atoms with Crippen molar-refractivity contribution in [2.75, 3.05) is 6.61 Å². The van der Waals surface area contributed by atoms with E-state index in [2.05, 4.69) is 20.7 Å². The third-order valence-corrected chi connectivity index (χ3v) is 1.17. The Bertz CT molecular complexity index is 172. The van der Waals surface area contributed by atoms with Gasteiger partial charge in [-0.1, -0.05) is 0 Å². The molecule has 0 radical (unpaired) electrons. The van der Waals surface area contributed by atoms with Crippen LogP contribution in [0, 0.1) is 0 Å². The molecule has 0 N–H and O–H groups in total. The Kier molecular flexibility index (Phi) is 6.82. The lowest BCUT2D eigenvalue weighted by atomic mass is 10.7. The SMILES string of the molecule is Brc1ccco1.CCOC=O. The molecule has 4 heteroatoms. The number of halogens is 1. The molecular formula is C7H9BrO3. The van der Waals surface area contributed by atoms with Crippen molar-refractivity contribution in [2.24, 2.45) is 0 Å². The monoisotopic (exact) mass is 220 g/mol. The first-order valence-corrected chi connectivity index (χ1v) is 3.84. The van der Waals surface area contributed by atoms with Crippen molar-refractivity contribution in [2.45, 2.75) is 6.92 Å². The third kappa shape index (κ3) is 7.12. The third-order valence-electron chi connectivity index (χ3n) is 0.721. The molecule has 0 aliphatic rings. The van der Waals surface area contributed by atoms with E-state index in [4.69, 9.17) is 4.42 Å². The number of carbonyl (C=O) groups is 1. The van der Waals surface area contributed by atoms with Crippen LogP contribution >= 0.6 is 15.9 Å². The van der Waals surface area contributed by atoms with E-state index in [0.29, 0.717) is 13.1 Å². The maximum absolute atomic E-state index is 9.18. The van der Waals surface area contributed by atoms with E-state index in [-0.39, 0.29) is 0 Å². The normalized spacial score (nSPS) is 7.82. The van der Waals surface area contributed by atoms with E-state index >= 15 is 0 Å². The van der Waals surface area contributed by atoms with Crippen molar-refractivity contribution in [1.82, 2.24) is 0 Å². The summed E-state index contributed by atoms with van der Waals surface area (Å²) in [6.45, 7) is 2.66. The fourth-order valence-electron chi connectivity index (χ4n) is 0.327. The summed E-state index contributed by atoms with van der Waals surface area (Å²) in [5.41, 5.74) is 0. The van der Waals surface area contributed by atoms with Crippen LogP contribution in [0.5, 0.6) is 0 Å². The second-order valence-electron chi connectivity index (χ2n) is 1.47. The van der Waals surface area contributed by atoms with Gasteiger partial charge in [0.2, 0.25) is 0 Å². The summed E-state index contributed by atoms with van der Waals surface area (Å²) >= 11 is 3.11. The highest BCUT2D eigenvalue weighted by Crippen LogP contribution is 2.06. The molecule has 1 aromatic rings. The molecule has 0 bridgehead atoms. The smallest absolute Gasteiger partial charge is 0.293 e. The summed E-state index contributed by atoms with van der Waals surface area (Å²) in [6, 6.07) is 3.66. The van der Waals surface area contributed by atoms with Gasteiger partial charge in [-0.15, -0.1) is 0 Å². The van der Waals surface area contributed by atoms with Gasteiger partial charge in [0.15, 0.2) is 4.67 Å². The first-order chi connectivity index (χ1) is 5.31. The van der Waals surface area contributed by atoms with Crippen molar-refractivity contribution in [3.8, 4) is 0 Å². The van der Waals surface area contributed by atoms with Crippen LogP contribution in [0.1, 0.15) is 6.92 Å². The Morgan fingerprint density at radius 1 is 1.82 bits per heavy atom. The Morgan fingerprint density at radius 2 is 2.55 bits per heavy atom. The number of carbonyl (C=O) groups excluding carboxylic acids is 1. The van der Waals surface area contributed by atoms with Gasteiger partial charge in [-0.2, -0.15) is 0 Å². The Morgan fingerprint density at radius 3 is 2.64 bits per heavy atom. The van der Waals surface area contributed by atoms with Gasteiger partial charge in [-0.05, 0) is 35.0 Å². The first kappa shape index (κ1) is 10.2. The zero-order valence-corrected chi connectivity index (χ0v) is 7.71. The van der Waals surface area contributed by atoms with Crippen molar-refractivity contribution in [3.63, 3.8) is 0 Å². The van der Waals surface area contributed by atoms with E-state index in [9.17, 15) is 4.79 Å². The molecule has 0 amide bonds. The zero-order valence-electron chi connectivity index (χ0n) is 6.12. The molecule has 0 unspecified atom stereocenters. The Hall–Kier alpha value is -0.770. The van der Waals surface area contributed by atoms with E-state index in [1.54, 1.807) is 13.2 Å².